The molecule has 37 heavy (non-hydrogen) atoms. The fourth-order valence-electron chi connectivity index (χ4n) is 4.66. The molecule has 0 aliphatic heterocycles. The van der Waals surface area contributed by atoms with Crippen molar-refractivity contribution in [2.24, 2.45) is 5.92 Å². The second-order valence-electron chi connectivity index (χ2n) is 9.67. The molecule has 3 N–H and O–H groups in total. The van der Waals surface area contributed by atoms with Gasteiger partial charge in [0.2, 0.25) is 0 Å². The fourth-order valence-corrected chi connectivity index (χ4v) is 5.31. The van der Waals surface area contributed by atoms with Gasteiger partial charge in [0, 0.05) is 34.1 Å². The number of anilines is 1. The van der Waals surface area contributed by atoms with Crippen LogP contribution in [-0.2, 0) is 0 Å². The minimum absolute atomic E-state index is 0.545. The molecule has 6 heteroatoms. The molecule has 5 nitrogen and oxygen atoms in total. The standard InChI is InChI=1S/C31H31N5S/c1-6-7-26(23-10-11-37-18-23)27-15-30(34-21(27)5)31-28-14-22(8-9-29(28)35-36-31)24-13-25(17-32-16-24)33-20(4)12-19(2)3/h6-11,13-19,33-34H,1,4,12H2,2-3,5H3,(H,35,36)/b26-7-. The Morgan fingerprint density at radius 2 is 2.00 bits per heavy atom. The topological polar surface area (TPSA) is 69.4 Å². The largest absolute Gasteiger partial charge is 0.358 e. The normalized spacial score (nSPS) is 11.8. The van der Waals surface area contributed by atoms with E-state index in [2.05, 4.69) is 113 Å². The Morgan fingerprint density at radius 3 is 2.76 bits per heavy atom. The van der Waals surface area contributed by atoms with E-state index in [0.29, 0.717) is 5.92 Å². The van der Waals surface area contributed by atoms with E-state index in [4.69, 9.17) is 0 Å². The summed E-state index contributed by atoms with van der Waals surface area (Å²) in [4.78, 5) is 8.03. The number of benzene rings is 1. The maximum Gasteiger partial charge on any atom is 0.116 e. The summed E-state index contributed by atoms with van der Waals surface area (Å²) in [5, 5.41) is 16.6. The van der Waals surface area contributed by atoms with Gasteiger partial charge in [0.05, 0.1) is 23.1 Å². The van der Waals surface area contributed by atoms with Crippen molar-refractivity contribution < 1.29 is 0 Å². The minimum Gasteiger partial charge on any atom is -0.358 e. The molecule has 0 unspecified atom stereocenters. The summed E-state index contributed by atoms with van der Waals surface area (Å²) in [6.07, 6.45) is 8.54. The summed E-state index contributed by atoms with van der Waals surface area (Å²) in [5.74, 6) is 0.545. The summed E-state index contributed by atoms with van der Waals surface area (Å²) in [6, 6.07) is 12.8. The summed E-state index contributed by atoms with van der Waals surface area (Å²) in [6.45, 7) is 14.5. The van der Waals surface area contributed by atoms with Crippen molar-refractivity contribution in [3.05, 3.63) is 107 Å². The third-order valence-electron chi connectivity index (χ3n) is 6.29. The van der Waals surface area contributed by atoms with Crippen LogP contribution >= 0.6 is 11.3 Å². The number of aryl methyl sites for hydroxylation is 1. The molecule has 0 fully saturated rings. The van der Waals surface area contributed by atoms with Crippen molar-refractivity contribution >= 4 is 33.5 Å². The molecule has 0 saturated heterocycles. The highest BCUT2D eigenvalue weighted by atomic mass is 32.1. The first kappa shape index (κ1) is 24.5. The Kier molecular flexibility index (Phi) is 6.93. The van der Waals surface area contributed by atoms with Crippen LogP contribution in [0.5, 0.6) is 0 Å². The first-order valence-electron chi connectivity index (χ1n) is 12.4. The fraction of sp³-hybridized carbons (Fsp3) is 0.161. The van der Waals surface area contributed by atoms with Gasteiger partial charge in [-0.2, -0.15) is 16.4 Å². The Hall–Kier alpha value is -4.16. The molecule has 0 radical (unpaired) electrons. The Labute approximate surface area is 221 Å². The van der Waals surface area contributed by atoms with E-state index in [-0.39, 0.29) is 0 Å². The van der Waals surface area contributed by atoms with Gasteiger partial charge in [-0.05, 0) is 77.1 Å². The second-order valence-corrected chi connectivity index (χ2v) is 10.5. The first-order valence-corrected chi connectivity index (χ1v) is 13.3. The number of rotatable bonds is 9. The summed E-state index contributed by atoms with van der Waals surface area (Å²) in [5.41, 5.74) is 11.5. The molecule has 0 atom stereocenters. The minimum atomic E-state index is 0.545. The van der Waals surface area contributed by atoms with E-state index in [1.165, 1.54) is 5.56 Å². The van der Waals surface area contributed by atoms with Crippen LogP contribution in [0.3, 0.4) is 0 Å². The predicted molar refractivity (Wildman–Crippen MR) is 158 cm³/mol. The number of hydrogen-bond acceptors (Lipinski definition) is 4. The number of pyridine rings is 1. The van der Waals surface area contributed by atoms with Crippen LogP contribution in [-0.4, -0.2) is 20.2 Å². The molecule has 0 amide bonds. The highest BCUT2D eigenvalue weighted by Gasteiger charge is 2.16. The molecular formula is C31H31N5S. The van der Waals surface area contributed by atoms with Gasteiger partial charge >= 0.3 is 0 Å². The monoisotopic (exact) mass is 505 g/mol. The van der Waals surface area contributed by atoms with Crippen molar-refractivity contribution in [2.45, 2.75) is 27.2 Å². The van der Waals surface area contributed by atoms with Crippen LogP contribution in [0.15, 0.2) is 90.6 Å². The number of aromatic amines is 2. The van der Waals surface area contributed by atoms with Gasteiger partial charge < -0.3 is 10.3 Å². The van der Waals surface area contributed by atoms with E-state index < -0.39 is 0 Å². The lowest BCUT2D eigenvalue weighted by atomic mass is 9.99. The van der Waals surface area contributed by atoms with E-state index >= 15 is 0 Å². The lowest BCUT2D eigenvalue weighted by Crippen LogP contribution is -2.02. The Bertz CT molecular complexity index is 1600. The molecule has 0 spiro atoms. The van der Waals surface area contributed by atoms with Crippen LogP contribution in [0.25, 0.3) is 39.0 Å². The second kappa shape index (κ2) is 10.4. The summed E-state index contributed by atoms with van der Waals surface area (Å²) >= 11 is 1.69. The number of aromatic nitrogens is 4. The summed E-state index contributed by atoms with van der Waals surface area (Å²) < 4.78 is 0. The molecule has 0 saturated carbocycles. The van der Waals surface area contributed by atoms with Gasteiger partial charge in [0.15, 0.2) is 0 Å². The molecule has 5 rings (SSSR count). The van der Waals surface area contributed by atoms with Gasteiger partial charge in [0.25, 0.3) is 0 Å². The number of thiophene rings is 1. The predicted octanol–water partition coefficient (Wildman–Crippen LogP) is 8.58. The van der Waals surface area contributed by atoms with Crippen LogP contribution in [0, 0.1) is 12.8 Å². The molecule has 0 aliphatic rings. The molecule has 4 aromatic heterocycles. The van der Waals surface area contributed by atoms with Crippen molar-refractivity contribution in [3.63, 3.8) is 0 Å². The van der Waals surface area contributed by atoms with Crippen LogP contribution in [0.2, 0.25) is 0 Å². The highest BCUT2D eigenvalue weighted by molar-refractivity contribution is 7.08. The van der Waals surface area contributed by atoms with Crippen LogP contribution < -0.4 is 5.32 Å². The maximum atomic E-state index is 4.67. The van der Waals surface area contributed by atoms with Crippen molar-refractivity contribution in [1.29, 1.82) is 0 Å². The van der Waals surface area contributed by atoms with Gasteiger partial charge in [-0.3, -0.25) is 10.1 Å². The van der Waals surface area contributed by atoms with Gasteiger partial charge in [-0.25, -0.2) is 0 Å². The van der Waals surface area contributed by atoms with Crippen molar-refractivity contribution in [2.75, 3.05) is 5.32 Å². The molecule has 1 aromatic carbocycles. The number of H-pyrrole nitrogens is 2. The number of nitrogens with one attached hydrogen (secondary N) is 3. The lowest BCUT2D eigenvalue weighted by molar-refractivity contribution is 0.645. The smallest absolute Gasteiger partial charge is 0.116 e. The van der Waals surface area contributed by atoms with Gasteiger partial charge in [-0.15, -0.1) is 0 Å². The number of nitrogens with zero attached hydrogens (tertiary/aromatic N) is 2. The van der Waals surface area contributed by atoms with E-state index in [9.17, 15) is 0 Å². The zero-order valence-corrected chi connectivity index (χ0v) is 22.2. The SMILES string of the molecule is C=C/C=C(/c1ccsc1)c1cc(-c2n[nH]c3ccc(-c4cncc(NC(=C)CC(C)C)c4)cc23)[nH]c1C. The summed E-state index contributed by atoms with van der Waals surface area (Å²) in [7, 11) is 0. The van der Waals surface area contributed by atoms with E-state index in [1.807, 2.05) is 18.5 Å². The zero-order chi connectivity index (χ0) is 25.9. The van der Waals surface area contributed by atoms with E-state index in [0.717, 1.165) is 68.1 Å². The van der Waals surface area contributed by atoms with Crippen molar-refractivity contribution in [1.82, 2.24) is 20.2 Å². The maximum absolute atomic E-state index is 4.67. The average Bonchev–Trinajstić information content (AvgIpc) is 3.62. The molecule has 0 bridgehead atoms. The number of fused-ring (bicyclic) bond motifs is 1. The third kappa shape index (κ3) is 5.20. The quantitative estimate of drug-likeness (QED) is 0.176. The van der Waals surface area contributed by atoms with Gasteiger partial charge in [-0.1, -0.05) is 45.2 Å². The molecule has 4 heterocycles. The van der Waals surface area contributed by atoms with Crippen LogP contribution in [0.1, 0.15) is 37.1 Å². The Balaban J connectivity index is 1.50. The molecular weight excluding hydrogens is 474 g/mol. The number of hydrogen-bond donors (Lipinski definition) is 3. The Morgan fingerprint density at radius 1 is 1.14 bits per heavy atom. The first-order chi connectivity index (χ1) is 17.9. The molecule has 5 aromatic rings. The van der Waals surface area contributed by atoms with Crippen LogP contribution in [0.4, 0.5) is 5.69 Å². The van der Waals surface area contributed by atoms with E-state index in [1.54, 1.807) is 11.3 Å². The molecule has 186 valence electrons. The number of allylic oxidation sites excluding steroid dienone is 3. The van der Waals surface area contributed by atoms with Crippen molar-refractivity contribution in [3.8, 4) is 22.5 Å². The molecule has 0 aliphatic carbocycles. The average molecular weight is 506 g/mol. The highest BCUT2D eigenvalue weighted by Crippen LogP contribution is 2.35. The van der Waals surface area contributed by atoms with Gasteiger partial charge in [0.1, 0.15) is 5.69 Å². The lowest BCUT2D eigenvalue weighted by Gasteiger charge is -2.12. The third-order valence-corrected chi connectivity index (χ3v) is 6.97. The zero-order valence-electron chi connectivity index (χ0n) is 21.4.